The highest BCUT2D eigenvalue weighted by Gasteiger charge is 2.00. The Morgan fingerprint density at radius 3 is 2.93 bits per heavy atom. The number of hydrogen-bond acceptors (Lipinski definition) is 6. The molecular formula is C7H14N4O2S2. The van der Waals surface area contributed by atoms with Crippen LogP contribution in [0.2, 0.25) is 0 Å². The lowest BCUT2D eigenvalue weighted by atomic mass is 10.7. The standard InChI is InChI=1S/C7H14N4O2S2/c1-15(12,13)5-3-8-2-4-14-7-9-6-10-11-7/h6,8H,2-5H2,1H3,(H,9,10,11). The van der Waals surface area contributed by atoms with Gasteiger partial charge in [-0.15, -0.1) is 0 Å². The summed E-state index contributed by atoms with van der Waals surface area (Å²) in [7, 11) is -2.85. The van der Waals surface area contributed by atoms with Crippen LogP contribution >= 0.6 is 11.8 Å². The predicted octanol–water partition coefficient (Wildman–Crippen LogP) is -0.469. The fourth-order valence-electron chi connectivity index (χ4n) is 0.866. The van der Waals surface area contributed by atoms with Crippen molar-refractivity contribution in [2.45, 2.75) is 5.16 Å². The van der Waals surface area contributed by atoms with Crippen LogP contribution in [0, 0.1) is 0 Å². The first-order valence-corrected chi connectivity index (χ1v) is 7.49. The van der Waals surface area contributed by atoms with Crippen LogP contribution < -0.4 is 5.32 Å². The molecule has 15 heavy (non-hydrogen) atoms. The van der Waals surface area contributed by atoms with Crippen molar-refractivity contribution in [1.29, 1.82) is 0 Å². The van der Waals surface area contributed by atoms with Crippen molar-refractivity contribution in [1.82, 2.24) is 20.5 Å². The summed E-state index contributed by atoms with van der Waals surface area (Å²) >= 11 is 1.54. The van der Waals surface area contributed by atoms with Gasteiger partial charge in [0.05, 0.1) is 5.75 Å². The summed E-state index contributed by atoms with van der Waals surface area (Å²) in [4.78, 5) is 3.95. The molecule has 1 aromatic heterocycles. The van der Waals surface area contributed by atoms with E-state index in [2.05, 4.69) is 20.5 Å². The first-order chi connectivity index (χ1) is 7.08. The molecule has 0 spiro atoms. The monoisotopic (exact) mass is 250 g/mol. The van der Waals surface area contributed by atoms with Gasteiger partial charge < -0.3 is 5.32 Å². The molecule has 0 saturated heterocycles. The van der Waals surface area contributed by atoms with Crippen molar-refractivity contribution in [2.24, 2.45) is 0 Å². The van der Waals surface area contributed by atoms with Crippen molar-refractivity contribution in [3.63, 3.8) is 0 Å². The summed E-state index contributed by atoms with van der Waals surface area (Å²) in [5.74, 6) is 1.01. The highest BCUT2D eigenvalue weighted by Crippen LogP contribution is 2.08. The average Bonchev–Trinajstić information content (AvgIpc) is 2.61. The molecule has 0 fully saturated rings. The lowest BCUT2D eigenvalue weighted by Crippen LogP contribution is -2.24. The summed E-state index contributed by atoms with van der Waals surface area (Å²) in [5.41, 5.74) is 0. The summed E-state index contributed by atoms with van der Waals surface area (Å²) in [5, 5.41) is 10.3. The molecule has 0 saturated carbocycles. The molecule has 0 unspecified atom stereocenters. The highest BCUT2D eigenvalue weighted by molar-refractivity contribution is 7.99. The number of H-pyrrole nitrogens is 1. The van der Waals surface area contributed by atoms with Crippen molar-refractivity contribution < 1.29 is 8.42 Å². The van der Waals surface area contributed by atoms with E-state index in [1.54, 1.807) is 11.8 Å². The maximum absolute atomic E-state index is 10.8. The van der Waals surface area contributed by atoms with Gasteiger partial charge in [0.15, 0.2) is 5.16 Å². The molecule has 86 valence electrons. The topological polar surface area (TPSA) is 87.7 Å². The molecule has 0 amide bonds. The van der Waals surface area contributed by atoms with Gasteiger partial charge in [0.25, 0.3) is 0 Å². The van der Waals surface area contributed by atoms with Crippen molar-refractivity contribution in [2.75, 3.05) is 30.9 Å². The number of rotatable bonds is 7. The van der Waals surface area contributed by atoms with Crippen molar-refractivity contribution in [3.05, 3.63) is 6.33 Å². The van der Waals surface area contributed by atoms with E-state index >= 15 is 0 Å². The fourth-order valence-corrected chi connectivity index (χ4v) is 2.06. The molecule has 0 radical (unpaired) electrons. The molecule has 6 nitrogen and oxygen atoms in total. The number of hydrogen-bond donors (Lipinski definition) is 2. The van der Waals surface area contributed by atoms with E-state index in [1.165, 1.54) is 12.6 Å². The molecule has 8 heteroatoms. The summed E-state index contributed by atoms with van der Waals surface area (Å²) in [6.07, 6.45) is 2.69. The first-order valence-electron chi connectivity index (χ1n) is 4.44. The SMILES string of the molecule is CS(=O)(=O)CCNCCSc1ncn[nH]1. The quantitative estimate of drug-likeness (QED) is 0.502. The van der Waals surface area contributed by atoms with Crippen LogP contribution in [-0.2, 0) is 9.84 Å². The van der Waals surface area contributed by atoms with E-state index in [4.69, 9.17) is 0 Å². The molecule has 1 rings (SSSR count). The molecule has 0 aromatic carbocycles. The molecule has 1 aromatic rings. The van der Waals surface area contributed by atoms with Gasteiger partial charge >= 0.3 is 0 Å². The first kappa shape index (κ1) is 12.5. The predicted molar refractivity (Wildman–Crippen MR) is 59.7 cm³/mol. The molecule has 0 aliphatic carbocycles. The minimum absolute atomic E-state index is 0.181. The van der Waals surface area contributed by atoms with Gasteiger partial charge in [0.2, 0.25) is 0 Å². The Hall–Kier alpha value is -0.600. The van der Waals surface area contributed by atoms with Crippen LogP contribution in [-0.4, -0.2) is 54.5 Å². The second-order valence-electron chi connectivity index (χ2n) is 3.02. The number of aromatic amines is 1. The summed E-state index contributed by atoms with van der Waals surface area (Å²) in [6.45, 7) is 1.25. The molecule has 0 aliphatic heterocycles. The Morgan fingerprint density at radius 2 is 2.33 bits per heavy atom. The van der Waals surface area contributed by atoms with Gasteiger partial charge in [-0.3, -0.25) is 5.10 Å². The molecule has 0 aliphatic rings. The maximum atomic E-state index is 10.8. The third kappa shape index (κ3) is 6.47. The Labute approximate surface area is 93.2 Å². The van der Waals surface area contributed by atoms with Crippen LogP contribution in [0.25, 0.3) is 0 Å². The normalized spacial score (nSPS) is 11.8. The van der Waals surface area contributed by atoms with E-state index in [9.17, 15) is 8.42 Å². The Kier molecular flexibility index (Phi) is 5.06. The molecule has 0 bridgehead atoms. The van der Waals surface area contributed by atoms with E-state index in [1.807, 2.05) is 0 Å². The fraction of sp³-hybridized carbons (Fsp3) is 0.714. The van der Waals surface area contributed by atoms with Gasteiger partial charge in [0, 0.05) is 25.1 Å². The van der Waals surface area contributed by atoms with E-state index in [0.29, 0.717) is 6.54 Å². The van der Waals surface area contributed by atoms with Crippen LogP contribution in [0.5, 0.6) is 0 Å². The maximum Gasteiger partial charge on any atom is 0.183 e. The van der Waals surface area contributed by atoms with Crippen molar-refractivity contribution >= 4 is 21.6 Å². The average molecular weight is 250 g/mol. The number of thioether (sulfide) groups is 1. The van der Waals surface area contributed by atoms with Gasteiger partial charge in [-0.1, -0.05) is 11.8 Å². The number of aromatic nitrogens is 3. The molecular weight excluding hydrogens is 236 g/mol. The molecule has 1 heterocycles. The zero-order valence-electron chi connectivity index (χ0n) is 8.43. The zero-order chi connectivity index (χ0) is 11.1. The van der Waals surface area contributed by atoms with Crippen LogP contribution in [0.3, 0.4) is 0 Å². The smallest absolute Gasteiger partial charge is 0.183 e. The largest absolute Gasteiger partial charge is 0.315 e. The third-order valence-corrected chi connectivity index (χ3v) is 3.38. The van der Waals surface area contributed by atoms with Gasteiger partial charge in [-0.2, -0.15) is 5.10 Å². The van der Waals surface area contributed by atoms with Crippen LogP contribution in [0.4, 0.5) is 0 Å². The van der Waals surface area contributed by atoms with E-state index in [-0.39, 0.29) is 5.75 Å². The van der Waals surface area contributed by atoms with Crippen LogP contribution in [0.1, 0.15) is 0 Å². The minimum Gasteiger partial charge on any atom is -0.315 e. The Balaban J connectivity index is 1.99. The number of nitrogens with zero attached hydrogens (tertiary/aromatic N) is 2. The van der Waals surface area contributed by atoms with Gasteiger partial charge in [-0.25, -0.2) is 13.4 Å². The van der Waals surface area contributed by atoms with Gasteiger partial charge in [0.1, 0.15) is 16.2 Å². The summed E-state index contributed by atoms with van der Waals surface area (Å²) < 4.78 is 21.6. The molecule has 0 atom stereocenters. The van der Waals surface area contributed by atoms with Crippen molar-refractivity contribution in [3.8, 4) is 0 Å². The highest BCUT2D eigenvalue weighted by atomic mass is 32.2. The Morgan fingerprint density at radius 1 is 1.53 bits per heavy atom. The zero-order valence-corrected chi connectivity index (χ0v) is 10.1. The van der Waals surface area contributed by atoms with E-state index < -0.39 is 9.84 Å². The number of nitrogens with one attached hydrogen (secondary N) is 2. The van der Waals surface area contributed by atoms with Gasteiger partial charge in [-0.05, 0) is 0 Å². The molecule has 2 N–H and O–H groups in total. The minimum atomic E-state index is -2.85. The van der Waals surface area contributed by atoms with E-state index in [0.717, 1.165) is 17.5 Å². The number of sulfone groups is 1. The van der Waals surface area contributed by atoms with Crippen LogP contribution in [0.15, 0.2) is 11.5 Å². The Bertz CT molecular complexity index is 362. The summed E-state index contributed by atoms with van der Waals surface area (Å²) in [6, 6.07) is 0. The third-order valence-electron chi connectivity index (χ3n) is 1.56. The second-order valence-corrected chi connectivity index (χ2v) is 6.36. The second kappa shape index (κ2) is 6.09. The lowest BCUT2D eigenvalue weighted by Gasteiger charge is -2.01. The lowest BCUT2D eigenvalue weighted by molar-refractivity contribution is 0.598.